The largest absolute Gasteiger partial charge is 0.468 e. The van der Waals surface area contributed by atoms with Gasteiger partial charge in [0.1, 0.15) is 5.76 Å². The third kappa shape index (κ3) is 4.45. The summed E-state index contributed by atoms with van der Waals surface area (Å²) in [5, 5.41) is 8.09. The van der Waals surface area contributed by atoms with Crippen molar-refractivity contribution in [2.45, 2.75) is 19.6 Å². The van der Waals surface area contributed by atoms with Crippen LogP contribution in [-0.2, 0) is 19.6 Å². The summed E-state index contributed by atoms with van der Waals surface area (Å²) in [5.74, 6) is 0.926. The van der Waals surface area contributed by atoms with Crippen LogP contribution in [-0.4, -0.2) is 20.1 Å². The summed E-state index contributed by atoms with van der Waals surface area (Å²) < 4.78 is 5.55. The predicted octanol–water partition coefficient (Wildman–Crippen LogP) is 4.92. The van der Waals surface area contributed by atoms with E-state index >= 15 is 0 Å². The van der Waals surface area contributed by atoms with Crippen molar-refractivity contribution >= 4 is 11.6 Å². The molecule has 27 heavy (non-hydrogen) atoms. The first-order chi connectivity index (χ1) is 13.3. The SMILES string of the molecule is Clc1ccc(-c2[nH]ncc2CN(Cc2cccnc2)Cc2ccco2)cc1. The van der Waals surface area contributed by atoms with Crippen LogP contribution in [0.5, 0.6) is 0 Å². The molecule has 0 unspecified atom stereocenters. The molecule has 0 aliphatic carbocycles. The summed E-state index contributed by atoms with van der Waals surface area (Å²) in [6, 6.07) is 15.7. The highest BCUT2D eigenvalue weighted by atomic mass is 35.5. The molecule has 0 radical (unpaired) electrons. The van der Waals surface area contributed by atoms with E-state index in [1.54, 1.807) is 12.5 Å². The first kappa shape index (κ1) is 17.5. The second-order valence-corrected chi connectivity index (χ2v) is 6.80. The predicted molar refractivity (Wildman–Crippen MR) is 105 cm³/mol. The molecule has 0 spiro atoms. The van der Waals surface area contributed by atoms with E-state index in [1.165, 1.54) is 0 Å². The van der Waals surface area contributed by atoms with E-state index < -0.39 is 0 Å². The van der Waals surface area contributed by atoms with Gasteiger partial charge in [-0.3, -0.25) is 15.0 Å². The molecule has 5 nitrogen and oxygen atoms in total. The van der Waals surface area contributed by atoms with E-state index in [2.05, 4.69) is 26.1 Å². The number of halogens is 1. The number of H-pyrrole nitrogens is 1. The Morgan fingerprint density at radius 1 is 0.963 bits per heavy atom. The highest BCUT2D eigenvalue weighted by Crippen LogP contribution is 2.25. The summed E-state index contributed by atoms with van der Waals surface area (Å²) in [4.78, 5) is 6.53. The van der Waals surface area contributed by atoms with E-state index in [9.17, 15) is 0 Å². The molecule has 1 aromatic carbocycles. The van der Waals surface area contributed by atoms with Crippen molar-refractivity contribution in [3.05, 3.63) is 95.3 Å². The van der Waals surface area contributed by atoms with Crippen molar-refractivity contribution in [2.24, 2.45) is 0 Å². The Kier molecular flexibility index (Phi) is 5.32. The number of benzene rings is 1. The molecule has 0 aliphatic heterocycles. The maximum atomic E-state index is 6.02. The lowest BCUT2D eigenvalue weighted by Crippen LogP contribution is -2.22. The summed E-state index contributed by atoms with van der Waals surface area (Å²) in [5.41, 5.74) is 4.34. The van der Waals surface area contributed by atoms with Crippen LogP contribution in [0.25, 0.3) is 11.3 Å². The zero-order valence-electron chi connectivity index (χ0n) is 14.7. The highest BCUT2D eigenvalue weighted by Gasteiger charge is 2.15. The summed E-state index contributed by atoms with van der Waals surface area (Å²) in [6.07, 6.45) is 7.26. The number of nitrogens with zero attached hydrogens (tertiary/aromatic N) is 3. The molecule has 0 saturated carbocycles. The standard InChI is InChI=1S/C21H19ClN4O/c22-19-7-5-17(6-8-19)21-18(12-24-25-21)14-26(15-20-4-2-10-27-20)13-16-3-1-9-23-11-16/h1-12H,13-15H2,(H,24,25). The molecular weight excluding hydrogens is 360 g/mol. The number of hydrogen-bond donors (Lipinski definition) is 1. The maximum Gasteiger partial charge on any atom is 0.117 e. The molecule has 1 N–H and O–H groups in total. The zero-order chi connectivity index (χ0) is 18.5. The van der Waals surface area contributed by atoms with Crippen LogP contribution in [0.2, 0.25) is 5.02 Å². The molecule has 0 atom stereocenters. The van der Waals surface area contributed by atoms with E-state index in [0.29, 0.717) is 6.54 Å². The van der Waals surface area contributed by atoms with Gasteiger partial charge in [-0.15, -0.1) is 0 Å². The minimum Gasteiger partial charge on any atom is -0.468 e. The van der Waals surface area contributed by atoms with Gasteiger partial charge in [0.15, 0.2) is 0 Å². The number of hydrogen-bond acceptors (Lipinski definition) is 4. The summed E-state index contributed by atoms with van der Waals surface area (Å²) in [6.45, 7) is 2.19. The van der Waals surface area contributed by atoms with Crippen LogP contribution in [0.15, 0.2) is 77.8 Å². The fourth-order valence-corrected chi connectivity index (χ4v) is 3.20. The van der Waals surface area contributed by atoms with Gasteiger partial charge in [-0.25, -0.2) is 0 Å². The molecule has 6 heteroatoms. The Morgan fingerprint density at radius 2 is 1.85 bits per heavy atom. The lowest BCUT2D eigenvalue weighted by Gasteiger charge is -2.21. The Hall–Kier alpha value is -2.89. The molecule has 0 saturated heterocycles. The second-order valence-electron chi connectivity index (χ2n) is 6.36. The topological polar surface area (TPSA) is 58.0 Å². The average molecular weight is 379 g/mol. The van der Waals surface area contributed by atoms with Crippen LogP contribution in [0.3, 0.4) is 0 Å². The number of pyridine rings is 1. The third-order valence-corrected chi connectivity index (χ3v) is 4.59. The van der Waals surface area contributed by atoms with E-state index in [4.69, 9.17) is 16.0 Å². The van der Waals surface area contributed by atoms with Gasteiger partial charge < -0.3 is 4.42 Å². The van der Waals surface area contributed by atoms with Crippen molar-refractivity contribution in [3.63, 3.8) is 0 Å². The number of nitrogens with one attached hydrogen (secondary N) is 1. The molecule has 4 rings (SSSR count). The van der Waals surface area contributed by atoms with Gasteiger partial charge in [0.25, 0.3) is 0 Å². The van der Waals surface area contributed by atoms with Crippen molar-refractivity contribution in [3.8, 4) is 11.3 Å². The zero-order valence-corrected chi connectivity index (χ0v) is 15.4. The van der Waals surface area contributed by atoms with Crippen LogP contribution in [0.4, 0.5) is 0 Å². The maximum absolute atomic E-state index is 6.02. The Morgan fingerprint density at radius 3 is 2.59 bits per heavy atom. The first-order valence-corrected chi connectivity index (χ1v) is 9.07. The van der Waals surface area contributed by atoms with Crippen LogP contribution in [0.1, 0.15) is 16.9 Å². The lowest BCUT2D eigenvalue weighted by atomic mass is 10.1. The number of aromatic amines is 1. The van der Waals surface area contributed by atoms with E-state index in [1.807, 2.05) is 54.9 Å². The monoisotopic (exact) mass is 378 g/mol. The fraction of sp³-hybridized carbons (Fsp3) is 0.143. The second kappa shape index (κ2) is 8.20. The van der Waals surface area contributed by atoms with Gasteiger partial charge in [0.05, 0.1) is 24.7 Å². The Labute approximate surface area is 162 Å². The van der Waals surface area contributed by atoms with E-state index in [0.717, 1.165) is 46.3 Å². The van der Waals surface area contributed by atoms with Crippen LogP contribution >= 0.6 is 11.6 Å². The number of furan rings is 1. The van der Waals surface area contributed by atoms with Crippen molar-refractivity contribution < 1.29 is 4.42 Å². The smallest absolute Gasteiger partial charge is 0.117 e. The van der Waals surface area contributed by atoms with Crippen LogP contribution < -0.4 is 0 Å². The molecule has 136 valence electrons. The first-order valence-electron chi connectivity index (χ1n) is 8.70. The lowest BCUT2D eigenvalue weighted by molar-refractivity contribution is 0.227. The van der Waals surface area contributed by atoms with Gasteiger partial charge in [-0.05, 0) is 41.5 Å². The molecule has 0 amide bonds. The minimum atomic E-state index is 0.702. The number of rotatable bonds is 7. The molecule has 0 bridgehead atoms. The average Bonchev–Trinajstić information content (AvgIpc) is 3.35. The normalized spacial score (nSPS) is 11.2. The molecule has 0 aliphatic rings. The van der Waals surface area contributed by atoms with Crippen molar-refractivity contribution in [2.75, 3.05) is 0 Å². The summed E-state index contributed by atoms with van der Waals surface area (Å²) >= 11 is 6.02. The molecular formula is C21H19ClN4O. The number of aromatic nitrogens is 3. The Balaban J connectivity index is 1.58. The highest BCUT2D eigenvalue weighted by molar-refractivity contribution is 6.30. The van der Waals surface area contributed by atoms with Crippen molar-refractivity contribution in [1.29, 1.82) is 0 Å². The van der Waals surface area contributed by atoms with Crippen molar-refractivity contribution in [1.82, 2.24) is 20.1 Å². The van der Waals surface area contributed by atoms with E-state index in [-0.39, 0.29) is 0 Å². The van der Waals surface area contributed by atoms with Gasteiger partial charge in [0, 0.05) is 36.1 Å². The molecule has 3 aromatic heterocycles. The third-order valence-electron chi connectivity index (χ3n) is 4.33. The van der Waals surface area contributed by atoms with Gasteiger partial charge >= 0.3 is 0 Å². The van der Waals surface area contributed by atoms with Crippen LogP contribution in [0, 0.1) is 0 Å². The fourth-order valence-electron chi connectivity index (χ4n) is 3.08. The quantitative estimate of drug-likeness (QED) is 0.496. The van der Waals surface area contributed by atoms with Gasteiger partial charge in [0.2, 0.25) is 0 Å². The van der Waals surface area contributed by atoms with Gasteiger partial charge in [-0.1, -0.05) is 29.8 Å². The molecule has 3 heterocycles. The molecule has 4 aromatic rings. The molecule has 0 fully saturated rings. The van der Waals surface area contributed by atoms with Gasteiger partial charge in [-0.2, -0.15) is 5.10 Å². The Bertz CT molecular complexity index is 965. The minimum absolute atomic E-state index is 0.702. The summed E-state index contributed by atoms with van der Waals surface area (Å²) in [7, 11) is 0.